The Morgan fingerprint density at radius 3 is 2.42 bits per heavy atom. The summed E-state index contributed by atoms with van der Waals surface area (Å²) >= 11 is 5.85. The first-order valence-electron chi connectivity index (χ1n) is 6.56. The van der Waals surface area contributed by atoms with Crippen LogP contribution in [0.1, 0.15) is 26.3 Å². The fourth-order valence-electron chi connectivity index (χ4n) is 2.13. The molecular weight excluding hydrogens is 262 g/mol. The molecule has 0 N–H and O–H groups in total. The van der Waals surface area contributed by atoms with Gasteiger partial charge in [-0.2, -0.15) is 0 Å². The summed E-state index contributed by atoms with van der Waals surface area (Å²) < 4.78 is 5.33. The number of likely N-dealkylation sites (tertiary alicyclic amines) is 1. The highest BCUT2D eigenvalue weighted by Gasteiger charge is 2.33. The largest absolute Gasteiger partial charge is 0.444 e. The summed E-state index contributed by atoms with van der Waals surface area (Å²) in [6.45, 7) is 7.21. The minimum atomic E-state index is -0.418. The van der Waals surface area contributed by atoms with Gasteiger partial charge in [-0.15, -0.1) is 0 Å². The van der Waals surface area contributed by atoms with E-state index in [2.05, 4.69) is 0 Å². The molecule has 1 aliphatic rings. The van der Waals surface area contributed by atoms with E-state index in [1.54, 1.807) is 4.90 Å². The van der Waals surface area contributed by atoms with Gasteiger partial charge >= 0.3 is 6.09 Å². The van der Waals surface area contributed by atoms with Crippen molar-refractivity contribution in [3.05, 3.63) is 34.9 Å². The molecule has 0 unspecified atom stereocenters. The zero-order chi connectivity index (χ0) is 14.0. The second-order valence-corrected chi connectivity index (χ2v) is 6.52. The third-order valence-electron chi connectivity index (χ3n) is 3.05. The topological polar surface area (TPSA) is 29.5 Å². The van der Waals surface area contributed by atoms with Crippen molar-refractivity contribution in [2.24, 2.45) is 5.92 Å². The van der Waals surface area contributed by atoms with Crippen LogP contribution >= 0.6 is 11.6 Å². The first-order valence-corrected chi connectivity index (χ1v) is 6.94. The number of carbonyl (C=O) groups excluding carboxylic acids is 1. The van der Waals surface area contributed by atoms with Crippen LogP contribution in [-0.2, 0) is 11.2 Å². The normalized spacial score (nSPS) is 16.1. The lowest BCUT2D eigenvalue weighted by atomic mass is 9.93. The van der Waals surface area contributed by atoms with Crippen LogP contribution in [0.2, 0.25) is 5.02 Å². The molecule has 1 fully saturated rings. The van der Waals surface area contributed by atoms with Gasteiger partial charge in [0, 0.05) is 18.1 Å². The summed E-state index contributed by atoms with van der Waals surface area (Å²) in [7, 11) is 0. The molecule has 4 heteroatoms. The Balaban J connectivity index is 1.77. The van der Waals surface area contributed by atoms with Crippen molar-refractivity contribution in [3.63, 3.8) is 0 Å². The molecule has 104 valence electrons. The van der Waals surface area contributed by atoms with Crippen LogP contribution < -0.4 is 0 Å². The van der Waals surface area contributed by atoms with Crippen molar-refractivity contribution < 1.29 is 9.53 Å². The number of hydrogen-bond donors (Lipinski definition) is 0. The van der Waals surface area contributed by atoms with Gasteiger partial charge in [0.2, 0.25) is 0 Å². The minimum absolute atomic E-state index is 0.208. The van der Waals surface area contributed by atoms with E-state index in [0.717, 1.165) is 24.5 Å². The van der Waals surface area contributed by atoms with Gasteiger partial charge in [0.1, 0.15) is 5.60 Å². The fourth-order valence-corrected chi connectivity index (χ4v) is 2.25. The third kappa shape index (κ3) is 4.13. The van der Waals surface area contributed by atoms with E-state index in [1.807, 2.05) is 45.0 Å². The van der Waals surface area contributed by atoms with Gasteiger partial charge in [-0.05, 0) is 50.8 Å². The van der Waals surface area contributed by atoms with E-state index in [1.165, 1.54) is 5.56 Å². The van der Waals surface area contributed by atoms with E-state index >= 15 is 0 Å². The smallest absolute Gasteiger partial charge is 0.410 e. The molecule has 1 amide bonds. The number of nitrogens with zero attached hydrogens (tertiary/aromatic N) is 1. The highest BCUT2D eigenvalue weighted by atomic mass is 35.5. The van der Waals surface area contributed by atoms with Crippen LogP contribution in [0.15, 0.2) is 24.3 Å². The van der Waals surface area contributed by atoms with Gasteiger partial charge in [-0.25, -0.2) is 4.79 Å². The van der Waals surface area contributed by atoms with Gasteiger partial charge in [-0.1, -0.05) is 23.7 Å². The number of halogens is 1. The maximum atomic E-state index is 11.8. The summed E-state index contributed by atoms with van der Waals surface area (Å²) in [4.78, 5) is 13.5. The van der Waals surface area contributed by atoms with E-state index in [4.69, 9.17) is 16.3 Å². The first-order chi connectivity index (χ1) is 8.83. The molecule has 1 aromatic rings. The molecule has 0 aromatic heterocycles. The molecule has 2 rings (SSSR count). The standard InChI is InChI=1S/C15H20ClNO2/c1-15(2,3)19-14(18)17-9-12(10-17)8-11-4-6-13(16)7-5-11/h4-7,12H,8-10H2,1-3H3. The third-order valence-corrected chi connectivity index (χ3v) is 3.30. The van der Waals surface area contributed by atoms with E-state index in [9.17, 15) is 4.79 Å². The Morgan fingerprint density at radius 1 is 1.32 bits per heavy atom. The SMILES string of the molecule is CC(C)(C)OC(=O)N1CC(Cc2ccc(Cl)cc2)C1. The molecule has 1 aromatic carbocycles. The van der Waals surface area contributed by atoms with Gasteiger partial charge in [0.15, 0.2) is 0 Å². The van der Waals surface area contributed by atoms with E-state index < -0.39 is 5.60 Å². The maximum Gasteiger partial charge on any atom is 0.410 e. The van der Waals surface area contributed by atoms with Crippen molar-refractivity contribution in [1.82, 2.24) is 4.90 Å². The van der Waals surface area contributed by atoms with Crippen LogP contribution in [0.4, 0.5) is 4.79 Å². The molecule has 0 radical (unpaired) electrons. The lowest BCUT2D eigenvalue weighted by Crippen LogP contribution is -2.52. The average Bonchev–Trinajstić information content (AvgIpc) is 2.22. The molecule has 0 saturated carbocycles. The number of hydrogen-bond acceptors (Lipinski definition) is 2. The fraction of sp³-hybridized carbons (Fsp3) is 0.533. The lowest BCUT2D eigenvalue weighted by Gasteiger charge is -2.39. The Labute approximate surface area is 119 Å². The van der Waals surface area contributed by atoms with E-state index in [0.29, 0.717) is 5.92 Å². The molecule has 19 heavy (non-hydrogen) atoms. The number of amides is 1. The van der Waals surface area contributed by atoms with Crippen molar-refractivity contribution in [1.29, 1.82) is 0 Å². The lowest BCUT2D eigenvalue weighted by molar-refractivity contribution is -0.000876. The minimum Gasteiger partial charge on any atom is -0.444 e. The average molecular weight is 282 g/mol. The number of ether oxygens (including phenoxy) is 1. The predicted octanol–water partition coefficient (Wildman–Crippen LogP) is 3.75. The molecule has 1 aliphatic heterocycles. The molecule has 0 aliphatic carbocycles. The van der Waals surface area contributed by atoms with Crippen LogP contribution in [0.3, 0.4) is 0 Å². The monoisotopic (exact) mass is 281 g/mol. The highest BCUT2D eigenvalue weighted by molar-refractivity contribution is 6.30. The summed E-state index contributed by atoms with van der Waals surface area (Å²) in [5, 5.41) is 0.757. The first kappa shape index (κ1) is 14.2. The van der Waals surface area contributed by atoms with Gasteiger partial charge in [0.05, 0.1) is 0 Å². The van der Waals surface area contributed by atoms with Crippen molar-refractivity contribution >= 4 is 17.7 Å². The van der Waals surface area contributed by atoms with Crippen molar-refractivity contribution in [3.8, 4) is 0 Å². The van der Waals surface area contributed by atoms with Gasteiger partial charge in [0.25, 0.3) is 0 Å². The Morgan fingerprint density at radius 2 is 1.89 bits per heavy atom. The number of carbonyl (C=O) groups is 1. The molecular formula is C15H20ClNO2. The van der Waals surface area contributed by atoms with Gasteiger partial charge in [-0.3, -0.25) is 0 Å². The molecule has 0 bridgehead atoms. The number of rotatable bonds is 2. The zero-order valence-electron chi connectivity index (χ0n) is 11.6. The Hall–Kier alpha value is -1.22. The van der Waals surface area contributed by atoms with Gasteiger partial charge < -0.3 is 9.64 Å². The van der Waals surface area contributed by atoms with Crippen LogP contribution in [0.5, 0.6) is 0 Å². The molecule has 1 saturated heterocycles. The highest BCUT2D eigenvalue weighted by Crippen LogP contribution is 2.23. The van der Waals surface area contributed by atoms with E-state index in [-0.39, 0.29) is 6.09 Å². The van der Waals surface area contributed by atoms with Crippen LogP contribution in [0.25, 0.3) is 0 Å². The van der Waals surface area contributed by atoms with Crippen LogP contribution in [0, 0.1) is 5.92 Å². The summed E-state index contributed by atoms with van der Waals surface area (Å²) in [6.07, 6.45) is 0.774. The Bertz CT molecular complexity index is 444. The quantitative estimate of drug-likeness (QED) is 0.826. The second kappa shape index (κ2) is 5.41. The molecule has 3 nitrogen and oxygen atoms in total. The molecule has 0 atom stereocenters. The van der Waals surface area contributed by atoms with Crippen molar-refractivity contribution in [2.75, 3.05) is 13.1 Å². The zero-order valence-corrected chi connectivity index (χ0v) is 12.4. The number of benzene rings is 1. The molecule has 0 spiro atoms. The Kier molecular flexibility index (Phi) is 4.04. The van der Waals surface area contributed by atoms with Crippen molar-refractivity contribution in [2.45, 2.75) is 32.8 Å². The summed E-state index contributed by atoms with van der Waals surface area (Å²) in [5.41, 5.74) is 0.844. The molecule has 1 heterocycles. The summed E-state index contributed by atoms with van der Waals surface area (Å²) in [6, 6.07) is 7.89. The maximum absolute atomic E-state index is 11.8. The van der Waals surface area contributed by atoms with Crippen LogP contribution in [-0.4, -0.2) is 29.7 Å². The summed E-state index contributed by atoms with van der Waals surface area (Å²) in [5.74, 6) is 0.522. The second-order valence-electron chi connectivity index (χ2n) is 6.08. The predicted molar refractivity (Wildman–Crippen MR) is 76.5 cm³/mol.